The van der Waals surface area contributed by atoms with E-state index in [0.29, 0.717) is 6.61 Å². The molecule has 1 aliphatic heterocycles. The minimum absolute atomic E-state index is 0.0368. The number of nitrogens with zero attached hydrogens (tertiary/aromatic N) is 1. The van der Waals surface area contributed by atoms with Crippen LogP contribution in [0.15, 0.2) is 48.7 Å². The van der Waals surface area contributed by atoms with Gasteiger partial charge in [-0.3, -0.25) is 9.78 Å². The van der Waals surface area contributed by atoms with Gasteiger partial charge in [0.25, 0.3) is 0 Å². The molecule has 1 aliphatic rings. The third kappa shape index (κ3) is 4.17. The molecular weight excluding hydrogens is 288 g/mol. The number of carbonyl (C=O) groups is 1. The molecule has 1 N–H and O–H groups in total. The van der Waals surface area contributed by atoms with E-state index in [9.17, 15) is 4.79 Å². The molecule has 23 heavy (non-hydrogen) atoms. The van der Waals surface area contributed by atoms with Gasteiger partial charge in [0.2, 0.25) is 5.91 Å². The zero-order valence-electron chi connectivity index (χ0n) is 13.4. The second kappa shape index (κ2) is 7.38. The molecule has 0 aliphatic carbocycles. The van der Waals surface area contributed by atoms with Crippen molar-refractivity contribution in [3.05, 3.63) is 65.5 Å². The van der Waals surface area contributed by atoms with Gasteiger partial charge in [-0.15, -0.1) is 0 Å². The van der Waals surface area contributed by atoms with Crippen LogP contribution in [0.3, 0.4) is 0 Å². The number of aromatic nitrogens is 1. The summed E-state index contributed by atoms with van der Waals surface area (Å²) in [7, 11) is 0. The lowest BCUT2D eigenvalue weighted by Crippen LogP contribution is -2.38. The van der Waals surface area contributed by atoms with Crippen molar-refractivity contribution in [3.63, 3.8) is 0 Å². The monoisotopic (exact) mass is 310 g/mol. The summed E-state index contributed by atoms with van der Waals surface area (Å²) < 4.78 is 5.48. The Bertz CT molecular complexity index is 634. The number of benzene rings is 1. The van der Waals surface area contributed by atoms with Gasteiger partial charge in [0.1, 0.15) is 6.10 Å². The maximum atomic E-state index is 12.4. The normalized spacial score (nSPS) is 18.6. The Balaban J connectivity index is 1.76. The van der Waals surface area contributed by atoms with Gasteiger partial charge in [-0.1, -0.05) is 35.9 Å². The van der Waals surface area contributed by atoms with Crippen LogP contribution in [0.1, 0.15) is 35.7 Å². The summed E-state index contributed by atoms with van der Waals surface area (Å²) in [5.41, 5.74) is 3.28. The fraction of sp³-hybridized carbons (Fsp3) is 0.368. The molecule has 1 saturated heterocycles. The molecule has 0 radical (unpaired) electrons. The number of rotatable bonds is 5. The van der Waals surface area contributed by atoms with Gasteiger partial charge in [-0.2, -0.15) is 0 Å². The third-order valence-electron chi connectivity index (χ3n) is 4.14. The maximum absolute atomic E-state index is 12.4. The Kier molecular flexibility index (Phi) is 5.03. The molecule has 1 amide bonds. The van der Waals surface area contributed by atoms with E-state index >= 15 is 0 Å². The average Bonchev–Trinajstić information content (AvgIpc) is 3.12. The smallest absolute Gasteiger partial charge is 0.249 e. The Morgan fingerprint density at radius 1 is 1.30 bits per heavy atom. The zero-order chi connectivity index (χ0) is 16.1. The number of hydrogen-bond donors (Lipinski definition) is 1. The molecule has 0 spiro atoms. The van der Waals surface area contributed by atoms with Crippen LogP contribution < -0.4 is 5.32 Å². The van der Waals surface area contributed by atoms with E-state index < -0.39 is 0 Å². The van der Waals surface area contributed by atoms with Gasteiger partial charge < -0.3 is 10.1 Å². The minimum Gasteiger partial charge on any atom is -0.368 e. The lowest BCUT2D eigenvalue weighted by Gasteiger charge is -2.20. The van der Waals surface area contributed by atoms with Crippen molar-refractivity contribution < 1.29 is 9.53 Å². The second-order valence-corrected chi connectivity index (χ2v) is 6.01. The van der Waals surface area contributed by atoms with Crippen LogP contribution in [0, 0.1) is 6.92 Å². The van der Waals surface area contributed by atoms with Crippen LogP contribution in [0.4, 0.5) is 0 Å². The van der Waals surface area contributed by atoms with E-state index in [2.05, 4.69) is 41.5 Å². The van der Waals surface area contributed by atoms with Crippen LogP contribution in [-0.4, -0.2) is 23.6 Å². The van der Waals surface area contributed by atoms with Crippen molar-refractivity contribution in [3.8, 4) is 0 Å². The quantitative estimate of drug-likeness (QED) is 0.923. The number of hydrogen-bond acceptors (Lipinski definition) is 3. The van der Waals surface area contributed by atoms with Crippen molar-refractivity contribution in [2.24, 2.45) is 0 Å². The van der Waals surface area contributed by atoms with E-state index in [1.54, 1.807) is 6.20 Å². The summed E-state index contributed by atoms with van der Waals surface area (Å²) in [4.78, 5) is 16.8. The standard InChI is InChI=1S/C19H22N2O2/c1-14-7-9-15(10-8-14)13-17(16-5-2-3-11-20-16)21-19(22)18-6-4-12-23-18/h2-3,5,7-11,17-18H,4,6,12-13H2,1H3,(H,21,22). The first kappa shape index (κ1) is 15.7. The predicted molar refractivity (Wildman–Crippen MR) is 89.0 cm³/mol. The van der Waals surface area contributed by atoms with E-state index in [0.717, 1.165) is 25.0 Å². The second-order valence-electron chi connectivity index (χ2n) is 6.01. The fourth-order valence-corrected chi connectivity index (χ4v) is 2.82. The molecule has 120 valence electrons. The fourth-order valence-electron chi connectivity index (χ4n) is 2.82. The summed E-state index contributed by atoms with van der Waals surface area (Å²) in [5, 5.41) is 3.11. The molecule has 1 aromatic heterocycles. The molecular formula is C19H22N2O2. The summed E-state index contributed by atoms with van der Waals surface area (Å²) in [6.45, 7) is 2.74. The van der Waals surface area contributed by atoms with Gasteiger partial charge in [0.05, 0.1) is 11.7 Å². The number of ether oxygens (including phenoxy) is 1. The molecule has 2 heterocycles. The van der Waals surface area contributed by atoms with Crippen LogP contribution in [0.25, 0.3) is 0 Å². The molecule has 0 bridgehead atoms. The van der Waals surface area contributed by atoms with Crippen LogP contribution in [-0.2, 0) is 16.0 Å². The van der Waals surface area contributed by atoms with E-state index in [1.165, 1.54) is 11.1 Å². The van der Waals surface area contributed by atoms with E-state index in [-0.39, 0.29) is 18.1 Å². The number of nitrogens with one attached hydrogen (secondary N) is 1. The highest BCUT2D eigenvalue weighted by atomic mass is 16.5. The lowest BCUT2D eigenvalue weighted by molar-refractivity contribution is -0.130. The van der Waals surface area contributed by atoms with Gasteiger partial charge in [-0.25, -0.2) is 0 Å². The summed E-state index contributed by atoms with van der Waals surface area (Å²) in [6, 6.07) is 14.0. The molecule has 3 rings (SSSR count). The van der Waals surface area contributed by atoms with Crippen molar-refractivity contribution in [2.75, 3.05) is 6.61 Å². The molecule has 2 aromatic rings. The Morgan fingerprint density at radius 2 is 2.13 bits per heavy atom. The van der Waals surface area contributed by atoms with Crippen LogP contribution in [0.2, 0.25) is 0 Å². The SMILES string of the molecule is Cc1ccc(CC(NC(=O)C2CCCO2)c2ccccn2)cc1. The lowest BCUT2D eigenvalue weighted by atomic mass is 10.0. The number of pyridine rings is 1. The highest BCUT2D eigenvalue weighted by molar-refractivity contribution is 5.81. The van der Waals surface area contributed by atoms with Crippen LogP contribution >= 0.6 is 0 Å². The van der Waals surface area contributed by atoms with Crippen molar-refractivity contribution in [1.29, 1.82) is 0 Å². The first-order chi connectivity index (χ1) is 11.2. The first-order valence-electron chi connectivity index (χ1n) is 8.11. The van der Waals surface area contributed by atoms with Crippen LogP contribution in [0.5, 0.6) is 0 Å². The summed E-state index contributed by atoms with van der Waals surface area (Å²) >= 11 is 0. The number of carbonyl (C=O) groups excluding carboxylic acids is 1. The van der Waals surface area contributed by atoms with E-state index in [4.69, 9.17) is 4.74 Å². The topological polar surface area (TPSA) is 51.2 Å². The Hall–Kier alpha value is -2.20. The Labute approximate surface area is 136 Å². The number of amides is 1. The molecule has 0 saturated carbocycles. The third-order valence-corrected chi connectivity index (χ3v) is 4.14. The molecule has 4 heteroatoms. The predicted octanol–water partition coefficient (Wildman–Crippen LogP) is 2.97. The van der Waals surface area contributed by atoms with Crippen molar-refractivity contribution in [2.45, 2.75) is 38.3 Å². The molecule has 2 unspecified atom stereocenters. The minimum atomic E-state index is -0.320. The highest BCUT2D eigenvalue weighted by Gasteiger charge is 2.26. The van der Waals surface area contributed by atoms with E-state index in [1.807, 2.05) is 18.2 Å². The van der Waals surface area contributed by atoms with Gasteiger partial charge in [0.15, 0.2) is 0 Å². The summed E-state index contributed by atoms with van der Waals surface area (Å²) in [5.74, 6) is -0.0368. The maximum Gasteiger partial charge on any atom is 0.249 e. The number of aryl methyl sites for hydroxylation is 1. The van der Waals surface area contributed by atoms with Gasteiger partial charge in [-0.05, 0) is 43.9 Å². The molecule has 4 nitrogen and oxygen atoms in total. The molecule has 1 fully saturated rings. The largest absolute Gasteiger partial charge is 0.368 e. The highest BCUT2D eigenvalue weighted by Crippen LogP contribution is 2.19. The Morgan fingerprint density at radius 3 is 2.78 bits per heavy atom. The van der Waals surface area contributed by atoms with Gasteiger partial charge >= 0.3 is 0 Å². The first-order valence-corrected chi connectivity index (χ1v) is 8.11. The van der Waals surface area contributed by atoms with Crippen molar-refractivity contribution >= 4 is 5.91 Å². The molecule has 2 atom stereocenters. The van der Waals surface area contributed by atoms with Crippen molar-refractivity contribution in [1.82, 2.24) is 10.3 Å². The summed E-state index contributed by atoms with van der Waals surface area (Å²) in [6.07, 6.45) is 3.90. The zero-order valence-corrected chi connectivity index (χ0v) is 13.4. The van der Waals surface area contributed by atoms with Gasteiger partial charge in [0, 0.05) is 12.8 Å². The average molecular weight is 310 g/mol. The molecule has 1 aromatic carbocycles.